The van der Waals surface area contributed by atoms with Crippen LogP contribution >= 0.6 is 11.8 Å². The summed E-state index contributed by atoms with van der Waals surface area (Å²) in [4.78, 5) is 17.7. The van der Waals surface area contributed by atoms with Gasteiger partial charge in [0, 0.05) is 34.9 Å². The Morgan fingerprint density at radius 1 is 1.39 bits per heavy atom. The van der Waals surface area contributed by atoms with E-state index in [4.69, 9.17) is 0 Å². The number of nitrogens with zero attached hydrogens (tertiary/aromatic N) is 1. The summed E-state index contributed by atoms with van der Waals surface area (Å²) in [5, 5.41) is 13.4. The van der Waals surface area contributed by atoms with Gasteiger partial charge in [0.15, 0.2) is 0 Å². The molecule has 23 heavy (non-hydrogen) atoms. The maximum absolute atomic E-state index is 12.6. The third kappa shape index (κ3) is 3.82. The smallest absolute Gasteiger partial charge is 0.322 e. The minimum Gasteiger partial charge on any atom is -0.395 e. The van der Waals surface area contributed by atoms with Crippen molar-refractivity contribution in [2.45, 2.75) is 25.8 Å². The van der Waals surface area contributed by atoms with Gasteiger partial charge in [-0.15, -0.1) is 0 Å². The van der Waals surface area contributed by atoms with Gasteiger partial charge in [-0.3, -0.25) is 0 Å². The van der Waals surface area contributed by atoms with Gasteiger partial charge < -0.3 is 20.3 Å². The highest BCUT2D eigenvalue weighted by Gasteiger charge is 2.25. The first-order valence-corrected chi connectivity index (χ1v) is 9.18. The van der Waals surface area contributed by atoms with Gasteiger partial charge in [-0.2, -0.15) is 11.8 Å². The summed E-state index contributed by atoms with van der Waals surface area (Å²) in [5.41, 5.74) is 2.96. The molecule has 1 aliphatic heterocycles. The molecule has 1 saturated heterocycles. The number of aryl methyl sites for hydroxylation is 1. The Balaban J connectivity index is 1.73. The zero-order valence-corrected chi connectivity index (χ0v) is 14.2. The van der Waals surface area contributed by atoms with Gasteiger partial charge in [0.1, 0.15) is 0 Å². The highest BCUT2D eigenvalue weighted by Crippen LogP contribution is 2.24. The highest BCUT2D eigenvalue weighted by molar-refractivity contribution is 7.99. The molecule has 1 aromatic carbocycles. The second-order valence-electron chi connectivity index (χ2n) is 5.95. The van der Waals surface area contributed by atoms with Gasteiger partial charge in [-0.25, -0.2) is 4.79 Å². The van der Waals surface area contributed by atoms with Crippen molar-refractivity contribution in [3.63, 3.8) is 0 Å². The summed E-state index contributed by atoms with van der Waals surface area (Å²) in [5.74, 6) is 2.16. The molecular weight excluding hydrogens is 310 g/mol. The number of nitrogens with one attached hydrogen (secondary N) is 2. The van der Waals surface area contributed by atoms with E-state index in [9.17, 15) is 9.90 Å². The quantitative estimate of drug-likeness (QED) is 0.805. The zero-order chi connectivity index (χ0) is 16.2. The standard InChI is InChI=1S/C17H23N3O2S/c1-12-10-13-11-14(2-3-16(13)18-12)19-17(22)20(6-7-21)15-4-8-23-9-5-15/h2-3,10-11,15,18,21H,4-9H2,1H3,(H,19,22). The molecule has 3 N–H and O–H groups in total. The van der Waals surface area contributed by atoms with Crippen molar-refractivity contribution >= 4 is 34.4 Å². The van der Waals surface area contributed by atoms with E-state index in [1.807, 2.05) is 36.9 Å². The van der Waals surface area contributed by atoms with Crippen LogP contribution in [0.5, 0.6) is 0 Å². The number of rotatable bonds is 4. The molecule has 0 saturated carbocycles. The number of hydrogen-bond donors (Lipinski definition) is 3. The Labute approximate surface area is 140 Å². The van der Waals surface area contributed by atoms with Crippen LogP contribution in [0.2, 0.25) is 0 Å². The fraction of sp³-hybridized carbons (Fsp3) is 0.471. The highest BCUT2D eigenvalue weighted by atomic mass is 32.2. The van der Waals surface area contributed by atoms with Gasteiger partial charge in [-0.05, 0) is 55.5 Å². The molecule has 3 rings (SSSR count). The summed E-state index contributed by atoms with van der Waals surface area (Å²) < 4.78 is 0. The van der Waals surface area contributed by atoms with E-state index in [0.717, 1.165) is 46.6 Å². The second-order valence-corrected chi connectivity index (χ2v) is 7.17. The molecule has 0 unspecified atom stereocenters. The average Bonchev–Trinajstić information content (AvgIpc) is 2.92. The van der Waals surface area contributed by atoms with Crippen molar-refractivity contribution in [1.29, 1.82) is 0 Å². The lowest BCUT2D eigenvalue weighted by molar-refractivity contribution is 0.158. The number of anilines is 1. The average molecular weight is 333 g/mol. The van der Waals surface area contributed by atoms with Crippen LogP contribution in [0.4, 0.5) is 10.5 Å². The second kappa shape index (κ2) is 7.27. The third-order valence-electron chi connectivity index (χ3n) is 4.24. The van der Waals surface area contributed by atoms with Crippen LogP contribution in [0.25, 0.3) is 10.9 Å². The normalized spacial score (nSPS) is 15.7. The number of carbonyl (C=O) groups excluding carboxylic acids is 1. The molecule has 5 nitrogen and oxygen atoms in total. The molecule has 2 heterocycles. The number of carbonyl (C=O) groups is 1. The summed E-state index contributed by atoms with van der Waals surface area (Å²) >= 11 is 1.93. The van der Waals surface area contributed by atoms with Crippen LogP contribution in [0.1, 0.15) is 18.5 Å². The lowest BCUT2D eigenvalue weighted by atomic mass is 10.1. The fourth-order valence-electron chi connectivity index (χ4n) is 3.11. The van der Waals surface area contributed by atoms with Crippen LogP contribution in [0, 0.1) is 6.92 Å². The van der Waals surface area contributed by atoms with Crippen molar-refractivity contribution < 1.29 is 9.90 Å². The van der Waals surface area contributed by atoms with Crippen molar-refractivity contribution in [2.24, 2.45) is 0 Å². The van der Waals surface area contributed by atoms with Gasteiger partial charge in [0.2, 0.25) is 0 Å². The van der Waals surface area contributed by atoms with E-state index >= 15 is 0 Å². The molecule has 0 radical (unpaired) electrons. The first-order valence-electron chi connectivity index (χ1n) is 8.03. The maximum atomic E-state index is 12.6. The summed E-state index contributed by atoms with van der Waals surface area (Å²) in [6, 6.07) is 8.03. The van der Waals surface area contributed by atoms with E-state index in [1.54, 1.807) is 4.90 Å². The molecule has 0 atom stereocenters. The van der Waals surface area contributed by atoms with Crippen LogP contribution in [-0.4, -0.2) is 51.7 Å². The Bertz CT molecular complexity index is 680. The number of aliphatic hydroxyl groups excluding tert-OH is 1. The number of amides is 2. The summed E-state index contributed by atoms with van der Waals surface area (Å²) in [6.45, 7) is 2.39. The van der Waals surface area contributed by atoms with Crippen LogP contribution in [0.15, 0.2) is 24.3 Å². The minimum atomic E-state index is -0.123. The molecule has 2 amide bonds. The maximum Gasteiger partial charge on any atom is 0.322 e. The number of aromatic amines is 1. The Morgan fingerprint density at radius 2 is 2.17 bits per heavy atom. The van der Waals surface area contributed by atoms with Gasteiger partial charge in [0.25, 0.3) is 0 Å². The molecule has 6 heteroatoms. The Hall–Kier alpha value is -1.66. The molecule has 1 aliphatic rings. The number of urea groups is 1. The van der Waals surface area contributed by atoms with E-state index in [2.05, 4.69) is 16.4 Å². The molecule has 124 valence electrons. The van der Waals surface area contributed by atoms with Crippen LogP contribution in [-0.2, 0) is 0 Å². The van der Waals surface area contributed by atoms with E-state index in [-0.39, 0.29) is 18.7 Å². The number of aromatic nitrogens is 1. The number of thioether (sulfide) groups is 1. The van der Waals surface area contributed by atoms with Gasteiger partial charge in [0.05, 0.1) is 6.61 Å². The van der Waals surface area contributed by atoms with E-state index in [1.165, 1.54) is 0 Å². The molecular formula is C17H23N3O2S. The van der Waals surface area contributed by atoms with Gasteiger partial charge in [-0.1, -0.05) is 0 Å². The molecule has 1 aromatic heterocycles. The predicted octanol–water partition coefficient (Wildman–Crippen LogP) is 3.20. The Morgan fingerprint density at radius 3 is 2.91 bits per heavy atom. The first-order chi connectivity index (χ1) is 11.2. The zero-order valence-electron chi connectivity index (χ0n) is 13.3. The summed E-state index contributed by atoms with van der Waals surface area (Å²) in [7, 11) is 0. The SMILES string of the molecule is Cc1cc2cc(NC(=O)N(CCO)C3CCSCC3)ccc2[nH]1. The minimum absolute atomic E-state index is 0.00684. The molecule has 0 bridgehead atoms. The lowest BCUT2D eigenvalue weighted by Gasteiger charge is -2.33. The fourth-order valence-corrected chi connectivity index (χ4v) is 4.19. The largest absolute Gasteiger partial charge is 0.395 e. The van der Waals surface area contributed by atoms with E-state index in [0.29, 0.717) is 6.54 Å². The van der Waals surface area contributed by atoms with Crippen molar-refractivity contribution in [3.8, 4) is 0 Å². The molecule has 0 spiro atoms. The van der Waals surface area contributed by atoms with Gasteiger partial charge >= 0.3 is 6.03 Å². The molecule has 2 aromatic rings. The van der Waals surface area contributed by atoms with Crippen LogP contribution in [0.3, 0.4) is 0 Å². The van der Waals surface area contributed by atoms with Crippen LogP contribution < -0.4 is 5.32 Å². The number of hydrogen-bond acceptors (Lipinski definition) is 3. The number of fused-ring (bicyclic) bond motifs is 1. The lowest BCUT2D eigenvalue weighted by Crippen LogP contribution is -2.46. The Kier molecular flexibility index (Phi) is 5.13. The molecule has 0 aliphatic carbocycles. The molecule has 1 fully saturated rings. The van der Waals surface area contributed by atoms with Crippen molar-refractivity contribution in [3.05, 3.63) is 30.0 Å². The predicted molar refractivity (Wildman–Crippen MR) is 96.2 cm³/mol. The number of benzene rings is 1. The monoisotopic (exact) mass is 333 g/mol. The van der Waals surface area contributed by atoms with Crippen molar-refractivity contribution in [2.75, 3.05) is 30.0 Å². The third-order valence-corrected chi connectivity index (χ3v) is 5.29. The number of aliphatic hydroxyl groups is 1. The number of H-pyrrole nitrogens is 1. The summed E-state index contributed by atoms with van der Waals surface area (Å²) in [6.07, 6.45) is 1.99. The van der Waals surface area contributed by atoms with E-state index < -0.39 is 0 Å². The first kappa shape index (κ1) is 16.2. The topological polar surface area (TPSA) is 68.4 Å². The van der Waals surface area contributed by atoms with Crippen molar-refractivity contribution in [1.82, 2.24) is 9.88 Å².